The lowest BCUT2D eigenvalue weighted by atomic mass is 9.88. The zero-order chi connectivity index (χ0) is 19.8. The lowest BCUT2D eigenvalue weighted by molar-refractivity contribution is -0.135. The summed E-state index contributed by atoms with van der Waals surface area (Å²) < 4.78 is 5.28. The molecule has 0 aromatic heterocycles. The summed E-state index contributed by atoms with van der Waals surface area (Å²) in [7, 11) is 1.68. The molecule has 154 valence electrons. The van der Waals surface area contributed by atoms with Gasteiger partial charge in [0, 0.05) is 31.6 Å². The van der Waals surface area contributed by atoms with Gasteiger partial charge in [0.1, 0.15) is 5.75 Å². The van der Waals surface area contributed by atoms with Crippen molar-refractivity contribution in [1.82, 2.24) is 15.5 Å². The number of methoxy groups -OCH3 is 1. The summed E-state index contributed by atoms with van der Waals surface area (Å²) in [4.78, 5) is 19.5. The quantitative estimate of drug-likeness (QED) is 0.583. The first kappa shape index (κ1) is 20.5. The Labute approximate surface area is 168 Å². The van der Waals surface area contributed by atoms with E-state index in [1.807, 2.05) is 18.2 Å². The van der Waals surface area contributed by atoms with Gasteiger partial charge in [-0.3, -0.25) is 4.79 Å². The van der Waals surface area contributed by atoms with Crippen molar-refractivity contribution in [3.8, 4) is 5.75 Å². The number of guanidine groups is 1. The molecule has 0 bridgehead atoms. The molecule has 2 aliphatic rings. The topological polar surface area (TPSA) is 66.0 Å². The van der Waals surface area contributed by atoms with Crippen LogP contribution < -0.4 is 15.4 Å². The number of hydrogen-bond donors (Lipinski definition) is 2. The summed E-state index contributed by atoms with van der Waals surface area (Å²) in [6.07, 6.45) is 6.79. The van der Waals surface area contributed by atoms with Gasteiger partial charge < -0.3 is 20.3 Å². The molecule has 1 aromatic rings. The van der Waals surface area contributed by atoms with Gasteiger partial charge in [0.05, 0.1) is 13.7 Å². The van der Waals surface area contributed by atoms with E-state index in [0.29, 0.717) is 12.5 Å². The van der Waals surface area contributed by atoms with E-state index in [2.05, 4.69) is 28.5 Å². The minimum absolute atomic E-state index is 0.252. The number of hydrogen-bond acceptors (Lipinski definition) is 3. The Morgan fingerprint density at radius 3 is 2.82 bits per heavy atom. The Morgan fingerprint density at radius 2 is 2.07 bits per heavy atom. The number of carbonyl (C=O) groups is 1. The number of benzene rings is 1. The zero-order valence-corrected chi connectivity index (χ0v) is 17.2. The smallest absolute Gasteiger partial charge is 0.225 e. The third-order valence-electron chi connectivity index (χ3n) is 5.69. The Balaban J connectivity index is 1.54. The molecule has 6 nitrogen and oxygen atoms in total. The Kier molecular flexibility index (Phi) is 7.57. The molecule has 1 aliphatic heterocycles. The molecule has 1 heterocycles. The Hall–Kier alpha value is -2.24. The van der Waals surface area contributed by atoms with Gasteiger partial charge in [-0.15, -0.1) is 0 Å². The fraction of sp³-hybridized carbons (Fsp3) is 0.636. The van der Waals surface area contributed by atoms with Crippen LogP contribution in [-0.4, -0.2) is 49.6 Å². The van der Waals surface area contributed by atoms with Crippen LogP contribution in [0.2, 0.25) is 0 Å². The minimum atomic E-state index is 0.252. The maximum atomic E-state index is 12.8. The molecule has 1 saturated heterocycles. The van der Waals surface area contributed by atoms with Crippen LogP contribution in [0, 0.1) is 5.92 Å². The number of rotatable bonds is 6. The average Bonchev–Trinajstić information content (AvgIpc) is 3.21. The standard InChI is InChI=1S/C22H34N4O2/c1-3-23-22(24-15-17-8-7-11-20(14-17)28-2)25-19-12-13-26(16-19)21(27)18-9-5-4-6-10-18/h7-8,11,14,18-19H,3-6,9-10,12-13,15-16H2,1-2H3,(H2,23,24,25). The van der Waals surface area contributed by atoms with Gasteiger partial charge in [0.15, 0.2) is 5.96 Å². The van der Waals surface area contributed by atoms with Crippen LogP contribution in [0.15, 0.2) is 29.3 Å². The average molecular weight is 387 g/mol. The molecule has 1 saturated carbocycles. The van der Waals surface area contributed by atoms with Gasteiger partial charge in [0.2, 0.25) is 5.91 Å². The van der Waals surface area contributed by atoms with Crippen molar-refractivity contribution in [3.63, 3.8) is 0 Å². The first-order valence-electron chi connectivity index (χ1n) is 10.7. The van der Waals surface area contributed by atoms with E-state index in [4.69, 9.17) is 9.73 Å². The van der Waals surface area contributed by atoms with Gasteiger partial charge in [-0.2, -0.15) is 0 Å². The molecule has 1 aliphatic carbocycles. The second-order valence-corrected chi connectivity index (χ2v) is 7.80. The monoisotopic (exact) mass is 386 g/mol. The first-order chi connectivity index (χ1) is 13.7. The van der Waals surface area contributed by atoms with Crippen LogP contribution in [-0.2, 0) is 11.3 Å². The zero-order valence-electron chi connectivity index (χ0n) is 17.2. The van der Waals surface area contributed by atoms with Gasteiger partial charge in [0.25, 0.3) is 0 Å². The maximum Gasteiger partial charge on any atom is 0.225 e. The van der Waals surface area contributed by atoms with E-state index in [-0.39, 0.29) is 12.0 Å². The van der Waals surface area contributed by atoms with Crippen molar-refractivity contribution in [3.05, 3.63) is 29.8 Å². The van der Waals surface area contributed by atoms with Crippen molar-refractivity contribution in [2.75, 3.05) is 26.7 Å². The van der Waals surface area contributed by atoms with E-state index in [0.717, 1.165) is 56.2 Å². The van der Waals surface area contributed by atoms with Gasteiger partial charge in [-0.25, -0.2) is 4.99 Å². The lowest BCUT2D eigenvalue weighted by Gasteiger charge is -2.26. The molecular weight excluding hydrogens is 352 g/mol. The summed E-state index contributed by atoms with van der Waals surface area (Å²) in [5.74, 6) is 2.27. The Morgan fingerprint density at radius 1 is 1.25 bits per heavy atom. The highest BCUT2D eigenvalue weighted by atomic mass is 16.5. The molecule has 1 atom stereocenters. The number of nitrogens with zero attached hydrogens (tertiary/aromatic N) is 2. The number of amides is 1. The lowest BCUT2D eigenvalue weighted by Crippen LogP contribution is -2.45. The highest BCUT2D eigenvalue weighted by molar-refractivity contribution is 5.81. The fourth-order valence-corrected chi connectivity index (χ4v) is 4.14. The molecule has 0 spiro atoms. The van der Waals surface area contributed by atoms with Crippen molar-refractivity contribution in [2.24, 2.45) is 10.9 Å². The normalized spacial score (nSPS) is 20.9. The SMILES string of the molecule is CCNC(=NCc1cccc(OC)c1)NC1CCN(C(=O)C2CCCCC2)C1. The summed E-state index contributed by atoms with van der Waals surface area (Å²) in [6.45, 7) is 5.09. The minimum Gasteiger partial charge on any atom is -0.497 e. The van der Waals surface area contributed by atoms with E-state index in [1.54, 1.807) is 7.11 Å². The predicted molar refractivity (Wildman–Crippen MR) is 113 cm³/mol. The van der Waals surface area contributed by atoms with E-state index in [9.17, 15) is 4.79 Å². The third-order valence-corrected chi connectivity index (χ3v) is 5.69. The number of nitrogens with one attached hydrogen (secondary N) is 2. The molecule has 2 N–H and O–H groups in total. The summed E-state index contributed by atoms with van der Waals surface area (Å²) in [5, 5.41) is 6.84. The first-order valence-corrected chi connectivity index (χ1v) is 10.7. The second kappa shape index (κ2) is 10.3. The molecule has 2 fully saturated rings. The summed E-state index contributed by atoms with van der Waals surface area (Å²) in [6, 6.07) is 8.24. The largest absolute Gasteiger partial charge is 0.497 e. The molecule has 1 amide bonds. The third kappa shape index (κ3) is 5.63. The maximum absolute atomic E-state index is 12.8. The van der Waals surface area contributed by atoms with E-state index >= 15 is 0 Å². The number of likely N-dealkylation sites (tertiary alicyclic amines) is 1. The van der Waals surface area contributed by atoms with Gasteiger partial charge in [-0.05, 0) is 43.9 Å². The molecule has 6 heteroatoms. The van der Waals surface area contributed by atoms with Crippen LogP contribution in [0.1, 0.15) is 51.0 Å². The number of ether oxygens (including phenoxy) is 1. The van der Waals surface area contributed by atoms with Crippen LogP contribution in [0.5, 0.6) is 5.75 Å². The van der Waals surface area contributed by atoms with Gasteiger partial charge >= 0.3 is 0 Å². The van der Waals surface area contributed by atoms with Crippen LogP contribution in [0.4, 0.5) is 0 Å². The van der Waals surface area contributed by atoms with Crippen molar-refractivity contribution in [2.45, 2.75) is 58.0 Å². The van der Waals surface area contributed by atoms with Crippen LogP contribution in [0.25, 0.3) is 0 Å². The van der Waals surface area contributed by atoms with Crippen molar-refractivity contribution >= 4 is 11.9 Å². The fourth-order valence-electron chi connectivity index (χ4n) is 4.14. The van der Waals surface area contributed by atoms with Crippen LogP contribution >= 0.6 is 0 Å². The predicted octanol–water partition coefficient (Wildman–Crippen LogP) is 2.93. The molecule has 1 unspecified atom stereocenters. The number of aliphatic imine (C=N–C) groups is 1. The molecule has 1 aromatic carbocycles. The molecular formula is C22H34N4O2. The molecule has 28 heavy (non-hydrogen) atoms. The Bertz CT molecular complexity index is 670. The molecule has 0 radical (unpaired) electrons. The highest BCUT2D eigenvalue weighted by Gasteiger charge is 2.31. The van der Waals surface area contributed by atoms with Crippen molar-refractivity contribution < 1.29 is 9.53 Å². The second-order valence-electron chi connectivity index (χ2n) is 7.80. The molecule has 3 rings (SSSR count). The van der Waals surface area contributed by atoms with Crippen LogP contribution in [0.3, 0.4) is 0 Å². The van der Waals surface area contributed by atoms with Crippen molar-refractivity contribution in [1.29, 1.82) is 0 Å². The number of carbonyl (C=O) groups excluding carboxylic acids is 1. The van der Waals surface area contributed by atoms with E-state index < -0.39 is 0 Å². The highest BCUT2D eigenvalue weighted by Crippen LogP contribution is 2.26. The van der Waals surface area contributed by atoms with E-state index in [1.165, 1.54) is 19.3 Å². The van der Waals surface area contributed by atoms with Gasteiger partial charge in [-0.1, -0.05) is 31.4 Å². The summed E-state index contributed by atoms with van der Waals surface area (Å²) in [5.41, 5.74) is 1.11. The summed E-state index contributed by atoms with van der Waals surface area (Å²) >= 11 is 0.